The molecule has 0 aliphatic carbocycles. The number of aromatic amines is 1. The molecular weight excluding hydrogens is 446 g/mol. The second kappa shape index (κ2) is 9.54. The van der Waals surface area contributed by atoms with Gasteiger partial charge in [0.15, 0.2) is 18.9 Å². The van der Waals surface area contributed by atoms with E-state index in [1.54, 1.807) is 19.2 Å². The van der Waals surface area contributed by atoms with Crippen LogP contribution in [-0.4, -0.2) is 17.0 Å². The van der Waals surface area contributed by atoms with E-state index in [9.17, 15) is 10.1 Å². The Balaban J connectivity index is 0.00000256. The summed E-state index contributed by atoms with van der Waals surface area (Å²) in [6, 6.07) is 17.0. The van der Waals surface area contributed by atoms with E-state index in [0.29, 0.717) is 0 Å². The van der Waals surface area contributed by atoms with Gasteiger partial charge in [0.25, 0.3) is 5.69 Å². The lowest BCUT2D eigenvalue weighted by Gasteiger charge is -2.03. The Morgan fingerprint density at radius 1 is 1.10 bits per heavy atom. The monoisotopic (exact) mass is 467 g/mol. The number of halogens is 1. The number of pyridine rings is 1. The number of benzene rings is 2. The summed E-state index contributed by atoms with van der Waals surface area (Å²) >= 11 is 0. The van der Waals surface area contributed by atoms with Gasteiger partial charge in [-0.3, -0.25) is 10.1 Å². The molecule has 0 fully saturated rings. The van der Waals surface area contributed by atoms with Crippen LogP contribution < -0.4 is 26.3 Å². The fourth-order valence-electron chi connectivity index (χ4n) is 3.51. The topological polar surface area (TPSA) is 72.0 Å². The number of aryl methyl sites for hydroxylation is 2. The summed E-state index contributed by atoms with van der Waals surface area (Å²) in [6.07, 6.45) is 7.90. The van der Waals surface area contributed by atoms with E-state index in [1.165, 1.54) is 16.5 Å². The van der Waals surface area contributed by atoms with Gasteiger partial charge in [0.05, 0.1) is 12.0 Å². The fourth-order valence-corrected chi connectivity index (χ4v) is 3.51. The Bertz CT molecular complexity index is 1160. The Kier molecular flexibility index (Phi) is 6.84. The number of nitro groups is 1. The van der Waals surface area contributed by atoms with Crippen LogP contribution in [-0.2, 0) is 19.4 Å². The van der Waals surface area contributed by atoms with Gasteiger partial charge in [0, 0.05) is 53.7 Å². The number of hydrogen-bond donors (Lipinski definition) is 1. The molecule has 4 aromatic rings. The van der Waals surface area contributed by atoms with E-state index < -0.39 is 0 Å². The Morgan fingerprint density at radius 2 is 1.90 bits per heavy atom. The second-order valence-electron chi connectivity index (χ2n) is 7.03. The summed E-state index contributed by atoms with van der Waals surface area (Å²) < 4.78 is 7.51. The van der Waals surface area contributed by atoms with Crippen LogP contribution >= 0.6 is 0 Å². The maximum absolute atomic E-state index is 10.8. The third-order valence-corrected chi connectivity index (χ3v) is 5.09. The highest BCUT2D eigenvalue weighted by Crippen LogP contribution is 2.25. The summed E-state index contributed by atoms with van der Waals surface area (Å²) in [5.41, 5.74) is 4.76. The van der Waals surface area contributed by atoms with Crippen molar-refractivity contribution in [2.75, 3.05) is 7.11 Å². The van der Waals surface area contributed by atoms with Crippen molar-refractivity contribution < 1.29 is 31.2 Å². The maximum Gasteiger partial charge on any atom is 0.269 e. The minimum Gasteiger partial charge on any atom is -1.00 e. The molecule has 2 aromatic heterocycles. The van der Waals surface area contributed by atoms with Crippen LogP contribution in [0.25, 0.3) is 10.9 Å². The number of H-pyrrole nitrogens is 1. The van der Waals surface area contributed by atoms with Gasteiger partial charge in [-0.25, -0.2) is 4.57 Å². The number of nitrogens with one attached hydrogen (secondary N) is 1. The number of nitro benzene ring substituents is 1. The minimum atomic E-state index is -0.373. The number of aromatic nitrogens is 2. The molecule has 2 aromatic carbocycles. The Hall–Kier alpha value is -3.19. The van der Waals surface area contributed by atoms with Crippen molar-refractivity contribution in [3.63, 3.8) is 0 Å². The lowest BCUT2D eigenvalue weighted by molar-refractivity contribution is -0.696. The number of rotatable bonds is 7. The van der Waals surface area contributed by atoms with Gasteiger partial charge >= 0.3 is 0 Å². The Labute approximate surface area is 185 Å². The van der Waals surface area contributed by atoms with Gasteiger partial charge in [-0.05, 0) is 35.4 Å². The molecule has 4 rings (SSSR count). The molecule has 30 heavy (non-hydrogen) atoms. The first-order valence-electron chi connectivity index (χ1n) is 9.48. The third-order valence-electron chi connectivity index (χ3n) is 5.09. The Morgan fingerprint density at radius 3 is 2.63 bits per heavy atom. The zero-order chi connectivity index (χ0) is 20.2. The lowest BCUT2D eigenvalue weighted by Crippen LogP contribution is -3.00. The quantitative estimate of drug-likeness (QED) is 0.252. The highest BCUT2D eigenvalue weighted by molar-refractivity contribution is 5.84. The van der Waals surface area contributed by atoms with Crippen molar-refractivity contribution in [3.05, 3.63) is 100.0 Å². The molecule has 0 atom stereocenters. The molecule has 7 heteroatoms. The fraction of sp³-hybridized carbons (Fsp3) is 0.174. The van der Waals surface area contributed by atoms with Crippen LogP contribution in [0, 0.1) is 10.1 Å². The number of fused-ring (bicyclic) bond motifs is 1. The van der Waals surface area contributed by atoms with Crippen LogP contribution in [0.15, 0.2) is 73.2 Å². The van der Waals surface area contributed by atoms with Crippen LogP contribution in [0.1, 0.15) is 16.7 Å². The molecule has 0 saturated carbocycles. The molecule has 0 radical (unpaired) electrons. The predicted molar refractivity (Wildman–Crippen MR) is 111 cm³/mol. The molecule has 0 unspecified atom stereocenters. The van der Waals surface area contributed by atoms with Crippen molar-refractivity contribution in [1.29, 1.82) is 0 Å². The van der Waals surface area contributed by atoms with Gasteiger partial charge < -0.3 is 26.7 Å². The summed E-state index contributed by atoms with van der Waals surface area (Å²) in [5, 5.41) is 11.9. The molecule has 1 N–H and O–H groups in total. The molecule has 0 aliphatic rings. The van der Waals surface area contributed by atoms with E-state index in [1.807, 2.05) is 30.5 Å². The summed E-state index contributed by atoms with van der Waals surface area (Å²) in [6.45, 7) is 0.813. The molecule has 2 heterocycles. The molecule has 0 aliphatic heterocycles. The highest BCUT2D eigenvalue weighted by Gasteiger charge is 2.10. The number of non-ortho nitro benzene ring substituents is 1. The molecule has 0 saturated heterocycles. The number of nitrogens with zero attached hydrogens (tertiary/aromatic N) is 2. The smallest absolute Gasteiger partial charge is 0.269 e. The summed E-state index contributed by atoms with van der Waals surface area (Å²) in [4.78, 5) is 13.7. The minimum absolute atomic E-state index is 0. The van der Waals surface area contributed by atoms with E-state index in [0.717, 1.165) is 36.2 Å². The van der Waals surface area contributed by atoms with Gasteiger partial charge in [0.2, 0.25) is 0 Å². The molecule has 0 spiro atoms. The number of ether oxygens (including phenoxy) is 1. The summed E-state index contributed by atoms with van der Waals surface area (Å²) in [7, 11) is 1.68. The van der Waals surface area contributed by atoms with Crippen molar-refractivity contribution >= 4 is 16.6 Å². The standard InChI is InChI=1S/C23H22N3O3.BrH/c1-29-21-8-9-23-22(14-21)19(15-24-23)13-18-3-2-11-25(16-18)12-10-17-4-6-20(7-5-17)26(27)28;/h2-9,11,14-16,24H,10,12-13H2,1H3;1H/q+1;/p-1. The normalized spacial score (nSPS) is 10.6. The first kappa shape index (κ1) is 21.5. The summed E-state index contributed by atoms with van der Waals surface area (Å²) in [5.74, 6) is 0.851. The highest BCUT2D eigenvalue weighted by atomic mass is 79.9. The van der Waals surface area contributed by atoms with Gasteiger partial charge in [-0.1, -0.05) is 12.1 Å². The predicted octanol–water partition coefficient (Wildman–Crippen LogP) is 1.21. The number of methoxy groups -OCH3 is 1. The number of hydrogen-bond acceptors (Lipinski definition) is 3. The molecule has 0 amide bonds. The van der Waals surface area contributed by atoms with Crippen molar-refractivity contribution in [2.45, 2.75) is 19.4 Å². The molecular formula is C23H22BrN3O3. The van der Waals surface area contributed by atoms with Crippen molar-refractivity contribution in [3.8, 4) is 5.75 Å². The van der Waals surface area contributed by atoms with E-state index in [4.69, 9.17) is 4.74 Å². The average Bonchev–Trinajstić information content (AvgIpc) is 3.14. The zero-order valence-electron chi connectivity index (χ0n) is 16.5. The van der Waals surface area contributed by atoms with Crippen LogP contribution in [0.2, 0.25) is 0 Å². The maximum atomic E-state index is 10.8. The van der Waals surface area contributed by atoms with Gasteiger partial charge in [0.1, 0.15) is 5.75 Å². The van der Waals surface area contributed by atoms with Crippen LogP contribution in [0.4, 0.5) is 5.69 Å². The SMILES string of the molecule is COc1ccc2[nH]cc(Cc3ccc[n+](CCc4ccc([N+](=O)[O-])cc4)c3)c2c1.[Br-]. The first-order chi connectivity index (χ1) is 14.1. The van der Waals surface area contributed by atoms with Gasteiger partial charge in [-0.2, -0.15) is 0 Å². The lowest BCUT2D eigenvalue weighted by atomic mass is 10.1. The van der Waals surface area contributed by atoms with Gasteiger partial charge in [-0.15, -0.1) is 0 Å². The zero-order valence-corrected chi connectivity index (χ0v) is 18.1. The molecule has 0 bridgehead atoms. The van der Waals surface area contributed by atoms with Crippen molar-refractivity contribution in [2.24, 2.45) is 0 Å². The second-order valence-corrected chi connectivity index (χ2v) is 7.03. The van der Waals surface area contributed by atoms with Crippen LogP contribution in [0.3, 0.4) is 0 Å². The average molecular weight is 468 g/mol. The third kappa shape index (κ3) is 4.86. The first-order valence-corrected chi connectivity index (χ1v) is 9.48. The van der Waals surface area contributed by atoms with Crippen LogP contribution in [0.5, 0.6) is 5.75 Å². The van der Waals surface area contributed by atoms with Crippen molar-refractivity contribution in [1.82, 2.24) is 4.98 Å². The van der Waals surface area contributed by atoms with E-state index >= 15 is 0 Å². The van der Waals surface area contributed by atoms with E-state index in [2.05, 4.69) is 40.1 Å². The molecule has 154 valence electrons. The molecule has 6 nitrogen and oxygen atoms in total. The largest absolute Gasteiger partial charge is 1.00 e. The van der Waals surface area contributed by atoms with E-state index in [-0.39, 0.29) is 27.6 Å².